The molecule has 0 spiro atoms. The van der Waals surface area contributed by atoms with E-state index in [2.05, 4.69) is 21.9 Å². The van der Waals surface area contributed by atoms with Gasteiger partial charge in [0, 0.05) is 30.9 Å². The van der Waals surface area contributed by atoms with Gasteiger partial charge in [0.1, 0.15) is 5.82 Å². The Labute approximate surface area is 144 Å². The number of fused-ring (bicyclic) bond motifs is 1. The summed E-state index contributed by atoms with van der Waals surface area (Å²) in [6.07, 6.45) is 3.64. The average molecular weight is 340 g/mol. The van der Waals surface area contributed by atoms with Crippen LogP contribution in [-0.4, -0.2) is 38.8 Å². The predicted molar refractivity (Wildman–Crippen MR) is 95.6 cm³/mol. The van der Waals surface area contributed by atoms with Gasteiger partial charge in [-0.2, -0.15) is 0 Å². The Bertz CT molecular complexity index is 870. The molecule has 124 valence electrons. The Kier molecular flexibility index (Phi) is 3.84. The third-order valence-electron chi connectivity index (χ3n) is 4.89. The number of rotatable bonds is 2. The number of carbonyl (C=O) groups is 1. The molecule has 0 radical (unpaired) electrons. The summed E-state index contributed by atoms with van der Waals surface area (Å²) in [6.45, 7) is 5.64. The first-order valence-corrected chi connectivity index (χ1v) is 9.16. The van der Waals surface area contributed by atoms with Gasteiger partial charge >= 0.3 is 0 Å². The van der Waals surface area contributed by atoms with Crippen molar-refractivity contribution in [2.24, 2.45) is 0 Å². The number of hydrogen-bond acceptors (Lipinski definition) is 4. The maximum atomic E-state index is 12.9. The van der Waals surface area contributed by atoms with Crippen LogP contribution in [-0.2, 0) is 0 Å². The Balaban J connectivity index is 1.49. The van der Waals surface area contributed by atoms with Gasteiger partial charge in [0.15, 0.2) is 0 Å². The number of nitrogens with zero attached hydrogens (tertiary/aromatic N) is 3. The number of H-pyrrole nitrogens is 1. The number of aromatic amines is 1. The smallest absolute Gasteiger partial charge is 0.255 e. The SMILES string of the molecule is Cc1nc(C2CCN(C(=O)c3ccnc4ccsc34)CC2)[nH]c1C. The topological polar surface area (TPSA) is 61.9 Å². The van der Waals surface area contributed by atoms with Crippen LogP contribution in [0.2, 0.25) is 0 Å². The molecule has 0 unspecified atom stereocenters. The van der Waals surface area contributed by atoms with Crippen molar-refractivity contribution in [2.45, 2.75) is 32.6 Å². The first-order valence-electron chi connectivity index (χ1n) is 8.28. The van der Waals surface area contributed by atoms with E-state index in [9.17, 15) is 4.79 Å². The van der Waals surface area contributed by atoms with E-state index in [1.54, 1.807) is 17.5 Å². The number of amides is 1. The molecule has 0 bridgehead atoms. The fraction of sp³-hybridized carbons (Fsp3) is 0.389. The van der Waals surface area contributed by atoms with Gasteiger partial charge in [-0.3, -0.25) is 9.78 Å². The number of imidazole rings is 1. The summed E-state index contributed by atoms with van der Waals surface area (Å²) in [5.41, 5.74) is 3.89. The molecule has 6 heteroatoms. The number of piperidine rings is 1. The summed E-state index contributed by atoms with van der Waals surface area (Å²) in [7, 11) is 0. The first-order chi connectivity index (χ1) is 11.6. The molecule has 24 heavy (non-hydrogen) atoms. The van der Waals surface area contributed by atoms with Gasteiger partial charge in [-0.1, -0.05) is 0 Å². The molecule has 0 saturated carbocycles. The zero-order valence-electron chi connectivity index (χ0n) is 13.9. The van der Waals surface area contributed by atoms with Gasteiger partial charge in [0.25, 0.3) is 5.91 Å². The lowest BCUT2D eigenvalue weighted by Crippen LogP contribution is -2.38. The molecule has 1 amide bonds. The third kappa shape index (κ3) is 2.60. The van der Waals surface area contributed by atoms with E-state index in [1.165, 1.54) is 0 Å². The number of nitrogens with one attached hydrogen (secondary N) is 1. The third-order valence-corrected chi connectivity index (χ3v) is 5.83. The van der Waals surface area contributed by atoms with Crippen LogP contribution >= 0.6 is 11.3 Å². The summed E-state index contributed by atoms with van der Waals surface area (Å²) in [5, 5.41) is 1.99. The van der Waals surface area contributed by atoms with Crippen LogP contribution in [0.15, 0.2) is 23.7 Å². The van der Waals surface area contributed by atoms with E-state index >= 15 is 0 Å². The molecule has 3 aromatic heterocycles. The molecule has 0 atom stereocenters. The van der Waals surface area contributed by atoms with Crippen LogP contribution in [0.3, 0.4) is 0 Å². The quantitative estimate of drug-likeness (QED) is 0.774. The number of hydrogen-bond donors (Lipinski definition) is 1. The lowest BCUT2D eigenvalue weighted by Gasteiger charge is -2.31. The average Bonchev–Trinajstić information content (AvgIpc) is 3.21. The molecule has 1 N–H and O–H groups in total. The highest BCUT2D eigenvalue weighted by molar-refractivity contribution is 7.17. The van der Waals surface area contributed by atoms with Crippen molar-refractivity contribution < 1.29 is 4.79 Å². The number of aryl methyl sites for hydroxylation is 2. The molecular weight excluding hydrogens is 320 g/mol. The number of pyridine rings is 1. The molecule has 0 aromatic carbocycles. The Morgan fingerprint density at radius 2 is 2.08 bits per heavy atom. The van der Waals surface area contributed by atoms with Crippen molar-refractivity contribution >= 4 is 27.5 Å². The van der Waals surface area contributed by atoms with Gasteiger partial charge in [0.05, 0.1) is 21.5 Å². The van der Waals surface area contributed by atoms with E-state index in [0.717, 1.165) is 58.9 Å². The van der Waals surface area contributed by atoms with E-state index in [4.69, 9.17) is 0 Å². The largest absolute Gasteiger partial charge is 0.346 e. The van der Waals surface area contributed by atoms with Crippen molar-refractivity contribution in [1.82, 2.24) is 19.9 Å². The molecule has 0 aliphatic carbocycles. The summed E-state index contributed by atoms with van der Waals surface area (Å²) >= 11 is 1.58. The van der Waals surface area contributed by atoms with Crippen LogP contribution in [0.1, 0.15) is 46.3 Å². The lowest BCUT2D eigenvalue weighted by molar-refractivity contribution is 0.0713. The minimum Gasteiger partial charge on any atom is -0.346 e. The first kappa shape index (κ1) is 15.3. The molecule has 3 aromatic rings. The second kappa shape index (κ2) is 6.02. The normalized spacial score (nSPS) is 16.0. The Morgan fingerprint density at radius 3 is 2.79 bits per heavy atom. The fourth-order valence-electron chi connectivity index (χ4n) is 3.34. The van der Waals surface area contributed by atoms with Crippen LogP contribution in [0.4, 0.5) is 0 Å². The van der Waals surface area contributed by atoms with E-state index in [0.29, 0.717) is 5.92 Å². The number of likely N-dealkylation sites (tertiary alicyclic amines) is 1. The lowest BCUT2D eigenvalue weighted by atomic mass is 9.95. The highest BCUT2D eigenvalue weighted by Gasteiger charge is 2.27. The van der Waals surface area contributed by atoms with Gasteiger partial charge in [0.2, 0.25) is 0 Å². The van der Waals surface area contributed by atoms with E-state index < -0.39 is 0 Å². The number of aromatic nitrogens is 3. The molecule has 1 aliphatic rings. The van der Waals surface area contributed by atoms with Gasteiger partial charge < -0.3 is 9.88 Å². The predicted octanol–water partition coefficient (Wildman–Crippen LogP) is 3.66. The molecule has 1 fully saturated rings. The van der Waals surface area contributed by atoms with Crippen LogP contribution < -0.4 is 0 Å². The van der Waals surface area contributed by atoms with Crippen molar-refractivity contribution in [3.63, 3.8) is 0 Å². The maximum Gasteiger partial charge on any atom is 0.255 e. The van der Waals surface area contributed by atoms with Crippen molar-refractivity contribution in [2.75, 3.05) is 13.1 Å². The zero-order valence-corrected chi connectivity index (χ0v) is 14.7. The Hall–Kier alpha value is -2.21. The van der Waals surface area contributed by atoms with Crippen molar-refractivity contribution in [3.05, 3.63) is 46.5 Å². The Morgan fingerprint density at radius 1 is 1.29 bits per heavy atom. The van der Waals surface area contributed by atoms with Crippen molar-refractivity contribution in [3.8, 4) is 0 Å². The molecular formula is C18H20N4OS. The maximum absolute atomic E-state index is 12.9. The summed E-state index contributed by atoms with van der Waals surface area (Å²) in [5.74, 6) is 1.61. The number of thiophene rings is 1. The van der Waals surface area contributed by atoms with Crippen LogP contribution in [0.25, 0.3) is 10.2 Å². The van der Waals surface area contributed by atoms with Gasteiger partial charge in [-0.05, 0) is 44.2 Å². The highest BCUT2D eigenvalue weighted by atomic mass is 32.1. The second-order valence-corrected chi connectivity index (χ2v) is 7.31. The summed E-state index contributed by atoms with van der Waals surface area (Å²) < 4.78 is 0.988. The fourth-order valence-corrected chi connectivity index (χ4v) is 4.19. The second-order valence-electron chi connectivity index (χ2n) is 6.39. The van der Waals surface area contributed by atoms with Crippen LogP contribution in [0, 0.1) is 13.8 Å². The molecule has 5 nitrogen and oxygen atoms in total. The molecule has 1 saturated heterocycles. The molecule has 1 aliphatic heterocycles. The zero-order chi connectivity index (χ0) is 16.7. The molecule has 4 rings (SSSR count). The number of carbonyl (C=O) groups excluding carboxylic acids is 1. The van der Waals surface area contributed by atoms with Crippen LogP contribution in [0.5, 0.6) is 0 Å². The molecule has 4 heterocycles. The summed E-state index contributed by atoms with van der Waals surface area (Å²) in [4.78, 5) is 27.2. The summed E-state index contributed by atoms with van der Waals surface area (Å²) in [6, 6.07) is 3.80. The minimum atomic E-state index is 0.120. The van der Waals surface area contributed by atoms with E-state index in [1.807, 2.05) is 29.3 Å². The van der Waals surface area contributed by atoms with Gasteiger partial charge in [-0.15, -0.1) is 11.3 Å². The standard InChI is InChI=1S/C18H20N4OS/c1-11-12(2)21-17(20-11)13-4-8-22(9-5-13)18(23)14-3-7-19-15-6-10-24-16(14)15/h3,6-7,10,13H,4-5,8-9H2,1-2H3,(H,20,21). The highest BCUT2D eigenvalue weighted by Crippen LogP contribution is 2.29. The minimum absolute atomic E-state index is 0.120. The monoisotopic (exact) mass is 340 g/mol. The van der Waals surface area contributed by atoms with E-state index in [-0.39, 0.29) is 5.91 Å². The van der Waals surface area contributed by atoms with Crippen molar-refractivity contribution in [1.29, 1.82) is 0 Å². The van der Waals surface area contributed by atoms with Gasteiger partial charge in [-0.25, -0.2) is 4.98 Å².